The van der Waals surface area contributed by atoms with Crippen molar-refractivity contribution in [2.45, 2.75) is 12.5 Å². The number of thiazole rings is 1. The molecule has 1 aromatic heterocycles. The van der Waals surface area contributed by atoms with Crippen LogP contribution in [0.5, 0.6) is 0 Å². The molecule has 14 heavy (non-hydrogen) atoms. The maximum atomic E-state index is 11.6. The smallest absolute Gasteiger partial charge is 0.205 e. The standard InChI is InChI=1S/C9H13N3OS/c10-7-1-3-12(5-7)6-8(13)9-11-2-4-14-9/h2,4,7H,1,3,5-6,10H2/t7-/m1/s1. The van der Waals surface area contributed by atoms with E-state index < -0.39 is 0 Å². The number of carbonyl (C=O) groups excluding carboxylic acids is 1. The van der Waals surface area contributed by atoms with Crippen LogP contribution in [0.2, 0.25) is 0 Å². The number of nitrogens with two attached hydrogens (primary N) is 1. The van der Waals surface area contributed by atoms with Crippen molar-refractivity contribution < 1.29 is 4.79 Å². The van der Waals surface area contributed by atoms with E-state index in [0.717, 1.165) is 19.5 Å². The average molecular weight is 211 g/mol. The van der Waals surface area contributed by atoms with Gasteiger partial charge in [0.05, 0.1) is 6.54 Å². The third-order valence-electron chi connectivity index (χ3n) is 2.35. The summed E-state index contributed by atoms with van der Waals surface area (Å²) in [6, 6.07) is 0.235. The van der Waals surface area contributed by atoms with E-state index in [1.807, 2.05) is 5.38 Å². The van der Waals surface area contributed by atoms with Gasteiger partial charge in [-0.3, -0.25) is 9.69 Å². The number of Topliss-reactive ketones (excluding diaryl/α,β-unsaturated/α-hetero) is 1. The fourth-order valence-electron chi connectivity index (χ4n) is 1.64. The zero-order chi connectivity index (χ0) is 9.97. The van der Waals surface area contributed by atoms with Gasteiger partial charge in [0, 0.05) is 30.7 Å². The monoisotopic (exact) mass is 211 g/mol. The Kier molecular flexibility index (Phi) is 2.90. The minimum atomic E-state index is 0.106. The Morgan fingerprint density at radius 3 is 3.21 bits per heavy atom. The molecule has 2 rings (SSSR count). The predicted octanol–water partition coefficient (Wildman–Crippen LogP) is 0.359. The van der Waals surface area contributed by atoms with Crippen LogP contribution in [-0.2, 0) is 0 Å². The Bertz CT molecular complexity index is 312. The van der Waals surface area contributed by atoms with Gasteiger partial charge in [-0.1, -0.05) is 0 Å². The Labute approximate surface area is 86.7 Å². The molecule has 76 valence electrons. The molecule has 0 aliphatic carbocycles. The largest absolute Gasteiger partial charge is 0.326 e. The molecule has 0 aromatic carbocycles. The first kappa shape index (κ1) is 9.76. The van der Waals surface area contributed by atoms with Crippen LogP contribution < -0.4 is 5.73 Å². The third kappa shape index (κ3) is 2.17. The molecule has 0 unspecified atom stereocenters. The molecule has 0 saturated carbocycles. The predicted molar refractivity (Wildman–Crippen MR) is 55.5 cm³/mol. The van der Waals surface area contributed by atoms with Crippen LogP contribution in [0.1, 0.15) is 16.2 Å². The average Bonchev–Trinajstić information content (AvgIpc) is 2.75. The van der Waals surface area contributed by atoms with Gasteiger partial charge in [0.25, 0.3) is 0 Å². The first-order chi connectivity index (χ1) is 6.75. The van der Waals surface area contributed by atoms with Crippen molar-refractivity contribution in [1.82, 2.24) is 9.88 Å². The van der Waals surface area contributed by atoms with Gasteiger partial charge in [0.15, 0.2) is 5.01 Å². The van der Waals surface area contributed by atoms with E-state index in [-0.39, 0.29) is 11.8 Å². The molecule has 1 fully saturated rings. The second kappa shape index (κ2) is 4.16. The van der Waals surface area contributed by atoms with E-state index in [0.29, 0.717) is 11.6 Å². The lowest BCUT2D eigenvalue weighted by molar-refractivity contribution is 0.0944. The summed E-state index contributed by atoms with van der Waals surface area (Å²) in [7, 11) is 0. The molecule has 0 spiro atoms. The van der Waals surface area contributed by atoms with Crippen LogP contribution >= 0.6 is 11.3 Å². The quantitative estimate of drug-likeness (QED) is 0.733. The summed E-state index contributed by atoms with van der Waals surface area (Å²) >= 11 is 1.40. The summed E-state index contributed by atoms with van der Waals surface area (Å²) in [5.74, 6) is 0.106. The molecule has 1 aromatic rings. The lowest BCUT2D eigenvalue weighted by atomic mass is 10.3. The first-order valence-electron chi connectivity index (χ1n) is 4.66. The lowest BCUT2D eigenvalue weighted by Crippen LogP contribution is -2.30. The van der Waals surface area contributed by atoms with Gasteiger partial charge in [0.2, 0.25) is 5.78 Å². The van der Waals surface area contributed by atoms with Crippen LogP contribution in [-0.4, -0.2) is 41.3 Å². The highest BCUT2D eigenvalue weighted by Crippen LogP contribution is 2.10. The van der Waals surface area contributed by atoms with Crippen molar-refractivity contribution in [2.75, 3.05) is 19.6 Å². The zero-order valence-electron chi connectivity index (χ0n) is 7.85. The number of hydrogen-bond acceptors (Lipinski definition) is 5. The van der Waals surface area contributed by atoms with Gasteiger partial charge in [0.1, 0.15) is 0 Å². The minimum Gasteiger partial charge on any atom is -0.326 e. The molecule has 4 nitrogen and oxygen atoms in total. The number of aromatic nitrogens is 1. The number of ketones is 1. The minimum absolute atomic E-state index is 0.106. The zero-order valence-corrected chi connectivity index (χ0v) is 8.67. The molecular formula is C9H13N3OS. The summed E-state index contributed by atoms with van der Waals surface area (Å²) in [4.78, 5) is 17.7. The SMILES string of the molecule is N[C@@H]1CCN(CC(=O)c2nccs2)C1. The van der Waals surface area contributed by atoms with E-state index in [4.69, 9.17) is 5.73 Å². The highest BCUT2D eigenvalue weighted by atomic mass is 32.1. The molecule has 2 N–H and O–H groups in total. The number of carbonyl (C=O) groups is 1. The second-order valence-electron chi connectivity index (χ2n) is 3.54. The molecule has 1 atom stereocenters. The number of rotatable bonds is 3. The Morgan fingerprint density at radius 1 is 1.79 bits per heavy atom. The van der Waals surface area contributed by atoms with Gasteiger partial charge in [-0.05, 0) is 6.42 Å². The van der Waals surface area contributed by atoms with Gasteiger partial charge in [-0.2, -0.15) is 0 Å². The number of likely N-dealkylation sites (tertiary alicyclic amines) is 1. The molecular weight excluding hydrogens is 198 g/mol. The van der Waals surface area contributed by atoms with Gasteiger partial charge < -0.3 is 5.73 Å². The van der Waals surface area contributed by atoms with Crippen LogP contribution in [0.4, 0.5) is 0 Å². The Hall–Kier alpha value is -0.780. The summed E-state index contributed by atoms with van der Waals surface area (Å²) in [5, 5.41) is 2.42. The van der Waals surface area contributed by atoms with Crippen molar-refractivity contribution in [1.29, 1.82) is 0 Å². The van der Waals surface area contributed by atoms with Gasteiger partial charge in [-0.25, -0.2) is 4.98 Å². The topological polar surface area (TPSA) is 59.2 Å². The summed E-state index contributed by atoms with van der Waals surface area (Å²) in [6.45, 7) is 2.22. The molecule has 1 aliphatic rings. The van der Waals surface area contributed by atoms with Crippen molar-refractivity contribution in [2.24, 2.45) is 5.73 Å². The molecule has 1 aliphatic heterocycles. The van der Waals surface area contributed by atoms with E-state index in [1.165, 1.54) is 11.3 Å². The second-order valence-corrected chi connectivity index (χ2v) is 4.44. The maximum absolute atomic E-state index is 11.6. The highest BCUT2D eigenvalue weighted by molar-refractivity contribution is 7.11. The molecule has 0 amide bonds. The Balaban J connectivity index is 1.89. The van der Waals surface area contributed by atoms with Crippen molar-refractivity contribution in [3.05, 3.63) is 16.6 Å². The first-order valence-corrected chi connectivity index (χ1v) is 5.54. The number of hydrogen-bond donors (Lipinski definition) is 1. The van der Waals surface area contributed by atoms with E-state index in [1.54, 1.807) is 6.20 Å². The van der Waals surface area contributed by atoms with E-state index >= 15 is 0 Å². The lowest BCUT2D eigenvalue weighted by Gasteiger charge is -2.12. The van der Waals surface area contributed by atoms with Crippen LogP contribution in [0.15, 0.2) is 11.6 Å². The normalized spacial score (nSPS) is 22.8. The molecule has 5 heteroatoms. The summed E-state index contributed by atoms with van der Waals surface area (Å²) in [6.07, 6.45) is 2.65. The van der Waals surface area contributed by atoms with Crippen molar-refractivity contribution >= 4 is 17.1 Å². The maximum Gasteiger partial charge on any atom is 0.205 e. The van der Waals surface area contributed by atoms with Gasteiger partial charge in [-0.15, -0.1) is 11.3 Å². The van der Waals surface area contributed by atoms with Gasteiger partial charge >= 0.3 is 0 Å². The highest BCUT2D eigenvalue weighted by Gasteiger charge is 2.22. The van der Waals surface area contributed by atoms with E-state index in [9.17, 15) is 4.79 Å². The van der Waals surface area contributed by atoms with Crippen molar-refractivity contribution in [3.63, 3.8) is 0 Å². The fourth-order valence-corrected chi connectivity index (χ4v) is 2.21. The van der Waals surface area contributed by atoms with Crippen LogP contribution in [0.3, 0.4) is 0 Å². The van der Waals surface area contributed by atoms with E-state index in [2.05, 4.69) is 9.88 Å². The molecule has 0 bridgehead atoms. The van der Waals surface area contributed by atoms with Crippen LogP contribution in [0.25, 0.3) is 0 Å². The fraction of sp³-hybridized carbons (Fsp3) is 0.556. The third-order valence-corrected chi connectivity index (χ3v) is 3.16. The van der Waals surface area contributed by atoms with Crippen LogP contribution in [0, 0.1) is 0 Å². The molecule has 0 radical (unpaired) electrons. The van der Waals surface area contributed by atoms with Crippen molar-refractivity contribution in [3.8, 4) is 0 Å². The molecule has 1 saturated heterocycles. The number of nitrogens with zero attached hydrogens (tertiary/aromatic N) is 2. The molecule has 2 heterocycles. The summed E-state index contributed by atoms with van der Waals surface area (Å²) in [5.41, 5.74) is 5.75. The Morgan fingerprint density at radius 2 is 2.64 bits per heavy atom. The summed E-state index contributed by atoms with van der Waals surface area (Å²) < 4.78 is 0.